The van der Waals surface area contributed by atoms with Gasteiger partial charge in [-0.05, 0) is 147 Å². The molecule has 0 unspecified atom stereocenters. The monoisotopic (exact) mass is 1450 g/mol. The zero-order valence-electron chi connectivity index (χ0n) is 72.7. The second-order valence-corrected chi connectivity index (χ2v) is 41.8. The zero-order valence-corrected chi connectivity index (χ0v) is 72.7. The maximum Gasteiger partial charge on any atom is 0.306 e. The fraction of sp³-hybridized carbons (Fsp3) is 0.681. The third-order valence-corrected chi connectivity index (χ3v) is 15.2. The Morgan fingerprint density at radius 1 is 0.352 bits per heavy atom. The number of ether oxygens (including phenoxy) is 1. The lowest BCUT2D eigenvalue weighted by Crippen LogP contribution is -2.17. The molecule has 590 valence electrons. The number of pyridine rings is 2. The van der Waals surface area contributed by atoms with Gasteiger partial charge in [-0.2, -0.15) is 0 Å². The van der Waals surface area contributed by atoms with Crippen molar-refractivity contribution in [2.24, 2.45) is 54.1 Å². The van der Waals surface area contributed by atoms with Gasteiger partial charge in [-0.1, -0.05) is 238 Å². The van der Waals surface area contributed by atoms with Crippen LogP contribution in [0.15, 0.2) is 66.7 Å². The molecule has 0 N–H and O–H groups in total. The first-order valence-corrected chi connectivity index (χ1v) is 38.6. The van der Waals surface area contributed by atoms with Gasteiger partial charge in [0.25, 0.3) is 0 Å². The van der Waals surface area contributed by atoms with E-state index in [1.54, 1.807) is 6.07 Å². The van der Waals surface area contributed by atoms with Crippen LogP contribution in [-0.4, -0.2) is 73.1 Å². The second kappa shape index (κ2) is 41.8. The Morgan fingerprint density at radius 2 is 0.714 bits per heavy atom. The summed E-state index contributed by atoms with van der Waals surface area (Å²) >= 11 is 0. The second-order valence-electron chi connectivity index (χ2n) is 41.8. The highest BCUT2D eigenvalue weighted by atomic mass is 19.1. The Morgan fingerprint density at radius 3 is 1.13 bits per heavy atom. The molecule has 0 spiro atoms. The predicted molar refractivity (Wildman–Crippen MR) is 437 cm³/mol. The van der Waals surface area contributed by atoms with Crippen molar-refractivity contribution in [3.05, 3.63) is 135 Å². The number of halogens is 1. The minimum Gasteiger partial charge on any atom is -0.461 e. The van der Waals surface area contributed by atoms with Gasteiger partial charge < -0.3 is 9.64 Å². The lowest BCUT2D eigenvalue weighted by Gasteiger charge is -2.20. The number of rotatable bonds is 25. The first kappa shape index (κ1) is 96.6. The van der Waals surface area contributed by atoms with Gasteiger partial charge in [0.15, 0.2) is 0 Å². The molecule has 0 fully saturated rings. The molecule has 0 aliphatic carbocycles. The minimum absolute atomic E-state index is 0.0167. The molecule has 13 nitrogen and oxygen atoms in total. The van der Waals surface area contributed by atoms with E-state index in [1.807, 2.05) is 97.8 Å². The molecule has 5 aromatic rings. The molecule has 4 heterocycles. The van der Waals surface area contributed by atoms with Crippen LogP contribution in [0.25, 0.3) is 0 Å². The van der Waals surface area contributed by atoms with Gasteiger partial charge in [0.2, 0.25) is 0 Å². The summed E-state index contributed by atoms with van der Waals surface area (Å²) in [6.45, 7) is 66.4. The number of Topliss-reactive ketones (excluding diaryl/α,β-unsaturated/α-hetero) is 4. The number of carbonyl (C=O) groups is 5. The Kier molecular flexibility index (Phi) is 38.4. The number of benzene rings is 1. The molecule has 0 aliphatic heterocycles. The minimum atomic E-state index is -0.309. The molecule has 0 bridgehead atoms. The van der Waals surface area contributed by atoms with E-state index in [1.165, 1.54) is 11.6 Å². The molecular weight excluding hydrogens is 1310 g/mol. The molecule has 1 aromatic carbocycles. The molecule has 0 aliphatic rings. The van der Waals surface area contributed by atoms with E-state index >= 15 is 0 Å². The number of hydrogen-bond acceptors (Lipinski definition) is 13. The van der Waals surface area contributed by atoms with Crippen molar-refractivity contribution in [1.29, 1.82) is 0 Å². The van der Waals surface area contributed by atoms with Crippen LogP contribution in [0.1, 0.15) is 328 Å². The van der Waals surface area contributed by atoms with Crippen molar-refractivity contribution in [1.82, 2.24) is 29.9 Å². The number of esters is 1. The number of hydrogen-bond donors (Lipinski definition) is 0. The van der Waals surface area contributed by atoms with Gasteiger partial charge in [0.05, 0.1) is 12.1 Å². The van der Waals surface area contributed by atoms with E-state index in [9.17, 15) is 28.4 Å². The van der Waals surface area contributed by atoms with Crippen LogP contribution in [0, 0.1) is 66.9 Å². The molecule has 14 heteroatoms. The molecule has 0 saturated carbocycles. The fourth-order valence-electron chi connectivity index (χ4n) is 11.5. The highest BCUT2D eigenvalue weighted by molar-refractivity contribution is 5.80. The SMILES string of the molecule is CC(C)(C)CC(=O)CCc1cccc(CC(C)(C)C)n1.CC(C)(C)CC(=O)CCc1nc(CC(C)(C)C)ccc1F.CC(C)(C)CC(=O)OCc1cccc(CC(C)(C)C)c1.CN(C)c1cc(CC(C)(C)C)nc(CCC(=O)CC(C)(C)C)n1.Cc1cc(CC(C)(C)C)nc(CCC(=O)CC(C)(C)C)n1. The highest BCUT2D eigenvalue weighted by Gasteiger charge is 2.24. The number of ketones is 4. The van der Waals surface area contributed by atoms with Crippen LogP contribution < -0.4 is 4.90 Å². The van der Waals surface area contributed by atoms with Crippen molar-refractivity contribution in [3.8, 4) is 0 Å². The third kappa shape index (κ3) is 53.1. The van der Waals surface area contributed by atoms with Crippen molar-refractivity contribution in [2.75, 3.05) is 19.0 Å². The first-order chi connectivity index (χ1) is 47.4. The lowest BCUT2D eigenvalue weighted by atomic mass is 9.88. The number of carbonyl (C=O) groups excluding carboxylic acids is 5. The number of anilines is 1. The van der Waals surface area contributed by atoms with Crippen LogP contribution in [-0.2, 0) is 93.1 Å². The van der Waals surface area contributed by atoms with Crippen molar-refractivity contribution >= 4 is 34.9 Å². The third-order valence-electron chi connectivity index (χ3n) is 15.2. The van der Waals surface area contributed by atoms with Gasteiger partial charge in [0, 0.05) is 119 Å². The van der Waals surface area contributed by atoms with E-state index in [4.69, 9.17) is 4.74 Å². The summed E-state index contributed by atoms with van der Waals surface area (Å²) in [5.74, 6) is 3.14. The first-order valence-electron chi connectivity index (χ1n) is 38.6. The summed E-state index contributed by atoms with van der Waals surface area (Å²) < 4.78 is 19.2. The molecule has 105 heavy (non-hydrogen) atoms. The predicted octanol–water partition coefficient (Wildman–Crippen LogP) is 22.5. The highest BCUT2D eigenvalue weighted by Crippen LogP contribution is 2.29. The Labute approximate surface area is 639 Å². The van der Waals surface area contributed by atoms with Crippen LogP contribution in [0.2, 0.25) is 0 Å². The molecule has 4 aromatic heterocycles. The van der Waals surface area contributed by atoms with Crippen molar-refractivity contribution in [2.45, 2.75) is 337 Å². The van der Waals surface area contributed by atoms with Crippen LogP contribution in [0.5, 0.6) is 0 Å². The largest absolute Gasteiger partial charge is 0.461 e. The van der Waals surface area contributed by atoms with Gasteiger partial charge >= 0.3 is 5.97 Å². The average molecular weight is 1460 g/mol. The summed E-state index contributed by atoms with van der Waals surface area (Å²) in [4.78, 5) is 89.1. The normalized spacial score (nSPS) is 12.4. The van der Waals surface area contributed by atoms with Gasteiger partial charge in [0.1, 0.15) is 53.0 Å². The molecule has 0 amide bonds. The summed E-state index contributed by atoms with van der Waals surface area (Å²) in [5, 5.41) is 0. The lowest BCUT2D eigenvalue weighted by molar-refractivity contribution is -0.147. The summed E-state index contributed by atoms with van der Waals surface area (Å²) in [6, 6.07) is 21.8. The smallest absolute Gasteiger partial charge is 0.306 e. The standard InChI is InChI=1S/C19H33N3O.C18H28FNO.C18H30N2O.C18H29NO.C18H28O2/c1-18(2,3)12-14-11-17(22(7)8)21-16(20-14)10-9-15(23)13-19(4,5)6;1-17(2,3)11-13-7-9-15(19)16(20-13)10-8-14(21)12-18(4,5)6;1-13-10-14(11-17(2,3)4)20-16(19-13)9-8-15(21)12-18(5,6)7;1-17(2,3)12-15-9-7-8-14(19-15)10-11-16(20)13-18(4,5)6;1-17(2,3)11-14-8-7-9-15(10-14)13-20-16(19)12-18(4,5)6/h11H,9-10,12-13H2,1-8H3;7,9H,8,10-12H2,1-6H3;10H,8-9,11-12H2,1-7H3;7-9H,10-13H2,1-6H3;7-10H,11-13H2,1-6H3. The number of aromatic nitrogens is 6. The summed E-state index contributed by atoms with van der Waals surface area (Å²) in [7, 11) is 3.97. The van der Waals surface area contributed by atoms with Crippen molar-refractivity contribution in [3.63, 3.8) is 0 Å². The van der Waals surface area contributed by atoms with E-state index in [2.05, 4.69) is 220 Å². The van der Waals surface area contributed by atoms with E-state index in [0.29, 0.717) is 101 Å². The Balaban J connectivity index is 0.000000657. The van der Waals surface area contributed by atoms with E-state index in [0.717, 1.165) is 95.7 Å². The molecule has 0 radical (unpaired) electrons. The molecule has 0 saturated heterocycles. The maximum atomic E-state index is 13.8. The molecule has 5 rings (SSSR count). The van der Waals surface area contributed by atoms with Crippen LogP contribution >= 0.6 is 0 Å². The van der Waals surface area contributed by atoms with Gasteiger partial charge in [-0.15, -0.1) is 0 Å². The van der Waals surface area contributed by atoms with Gasteiger partial charge in [-0.25, -0.2) is 24.3 Å². The van der Waals surface area contributed by atoms with Crippen LogP contribution in [0.3, 0.4) is 0 Å². The number of nitrogens with zero attached hydrogens (tertiary/aromatic N) is 7. The molecule has 0 atom stereocenters. The maximum absolute atomic E-state index is 13.8. The topological polar surface area (TPSA) is 175 Å². The Hall–Kier alpha value is -6.44. The summed E-state index contributed by atoms with van der Waals surface area (Å²) in [5.41, 5.74) is 10.1. The fourth-order valence-corrected chi connectivity index (χ4v) is 11.5. The van der Waals surface area contributed by atoms with Gasteiger partial charge in [-0.3, -0.25) is 33.9 Å². The molecular formula is C91H148FN7O6. The van der Waals surface area contributed by atoms with Crippen LogP contribution in [0.4, 0.5) is 10.2 Å². The average Bonchev–Trinajstić information content (AvgIpc) is 0.754. The zero-order chi connectivity index (χ0) is 81.1. The number of aryl methyl sites for hydroxylation is 5. The quantitative estimate of drug-likeness (QED) is 0.0505. The summed E-state index contributed by atoms with van der Waals surface area (Å²) in [6.07, 6.45) is 11.9. The van der Waals surface area contributed by atoms with E-state index in [-0.39, 0.29) is 77.5 Å². The van der Waals surface area contributed by atoms with Crippen molar-refractivity contribution < 1.29 is 33.1 Å². The van der Waals surface area contributed by atoms with E-state index < -0.39 is 0 Å². The Bertz CT molecular complexity index is 3410.